The van der Waals surface area contributed by atoms with Crippen LogP contribution in [0.1, 0.15) is 11.6 Å². The molecule has 1 unspecified atom stereocenters. The van der Waals surface area contributed by atoms with E-state index in [9.17, 15) is 10.1 Å². The second-order valence-corrected chi connectivity index (χ2v) is 4.26. The molecule has 0 radical (unpaired) electrons. The summed E-state index contributed by atoms with van der Waals surface area (Å²) >= 11 is 0. The zero-order valence-electron chi connectivity index (χ0n) is 10.5. The van der Waals surface area contributed by atoms with Crippen molar-refractivity contribution in [3.63, 3.8) is 0 Å². The molecule has 18 heavy (non-hydrogen) atoms. The van der Waals surface area contributed by atoms with Gasteiger partial charge in [-0.05, 0) is 18.7 Å². The first-order valence-corrected chi connectivity index (χ1v) is 5.74. The van der Waals surface area contributed by atoms with Gasteiger partial charge in [0.25, 0.3) is 0 Å². The van der Waals surface area contributed by atoms with E-state index in [-0.39, 0.29) is 17.5 Å². The number of hydrogen-bond donors (Lipinski definition) is 0. The smallest absolute Gasteiger partial charge is 0.310 e. The number of nitro benzene ring substituents is 1. The largest absolute Gasteiger partial charge is 0.490 e. The second kappa shape index (κ2) is 5.32. The summed E-state index contributed by atoms with van der Waals surface area (Å²) in [6, 6.07) is 5.08. The summed E-state index contributed by atoms with van der Waals surface area (Å²) in [5.74, 6) is 0.288. The van der Waals surface area contributed by atoms with Gasteiger partial charge in [0.15, 0.2) is 5.75 Å². The highest BCUT2D eigenvalue weighted by Gasteiger charge is 2.24. The molecule has 1 aliphatic rings. The maximum absolute atomic E-state index is 10.8. The van der Waals surface area contributed by atoms with E-state index in [0.717, 1.165) is 18.7 Å². The Morgan fingerprint density at radius 1 is 1.56 bits per heavy atom. The Hall–Kier alpha value is -1.66. The lowest BCUT2D eigenvalue weighted by molar-refractivity contribution is -0.385. The number of methoxy groups -OCH3 is 1. The molecule has 0 aromatic heterocycles. The van der Waals surface area contributed by atoms with Crippen LogP contribution < -0.4 is 4.74 Å². The maximum Gasteiger partial charge on any atom is 0.310 e. The van der Waals surface area contributed by atoms with Gasteiger partial charge in [0.2, 0.25) is 0 Å². The van der Waals surface area contributed by atoms with Gasteiger partial charge < -0.3 is 9.47 Å². The molecule has 0 aliphatic carbocycles. The number of nitro groups is 1. The molecule has 98 valence electrons. The minimum atomic E-state index is -0.441. The van der Waals surface area contributed by atoms with Gasteiger partial charge in [-0.1, -0.05) is 6.07 Å². The molecular formula is C12H16N2O4. The van der Waals surface area contributed by atoms with E-state index in [0.29, 0.717) is 6.61 Å². The van der Waals surface area contributed by atoms with Crippen molar-refractivity contribution >= 4 is 5.69 Å². The van der Waals surface area contributed by atoms with E-state index < -0.39 is 4.92 Å². The van der Waals surface area contributed by atoms with Gasteiger partial charge in [-0.15, -0.1) is 0 Å². The predicted octanol–water partition coefficient (Wildman–Crippen LogP) is 1.61. The molecule has 0 saturated carbocycles. The van der Waals surface area contributed by atoms with Crippen LogP contribution in [0, 0.1) is 10.1 Å². The summed E-state index contributed by atoms with van der Waals surface area (Å²) < 4.78 is 10.5. The van der Waals surface area contributed by atoms with Crippen molar-refractivity contribution in [2.45, 2.75) is 6.04 Å². The Balaban J connectivity index is 2.31. The predicted molar refractivity (Wildman–Crippen MR) is 65.8 cm³/mol. The third kappa shape index (κ3) is 2.44. The Kier molecular flexibility index (Phi) is 3.78. The topological polar surface area (TPSA) is 64.8 Å². The summed E-state index contributed by atoms with van der Waals surface area (Å²) in [5.41, 5.74) is 0.959. The van der Waals surface area contributed by atoms with Crippen molar-refractivity contribution in [3.8, 4) is 5.75 Å². The summed E-state index contributed by atoms with van der Waals surface area (Å²) in [4.78, 5) is 12.6. The number of nitrogens with zero attached hydrogens (tertiary/aromatic N) is 2. The number of benzene rings is 1. The minimum absolute atomic E-state index is 0.0133. The highest BCUT2D eigenvalue weighted by atomic mass is 16.6. The lowest BCUT2D eigenvalue weighted by Gasteiger charge is -2.32. The fourth-order valence-corrected chi connectivity index (χ4v) is 2.09. The summed E-state index contributed by atoms with van der Waals surface area (Å²) in [6.45, 7) is 2.17. The van der Waals surface area contributed by atoms with E-state index >= 15 is 0 Å². The van der Waals surface area contributed by atoms with Gasteiger partial charge in [-0.2, -0.15) is 0 Å². The normalized spacial score (nSPS) is 20.7. The van der Waals surface area contributed by atoms with E-state index in [1.54, 1.807) is 12.1 Å². The van der Waals surface area contributed by atoms with Crippen molar-refractivity contribution in [3.05, 3.63) is 33.9 Å². The van der Waals surface area contributed by atoms with Crippen LogP contribution in [0.3, 0.4) is 0 Å². The zero-order valence-corrected chi connectivity index (χ0v) is 10.5. The van der Waals surface area contributed by atoms with Gasteiger partial charge in [-0.25, -0.2) is 0 Å². The molecule has 1 saturated heterocycles. The Morgan fingerprint density at radius 3 is 2.94 bits per heavy atom. The number of rotatable bonds is 3. The molecule has 1 aromatic carbocycles. The minimum Gasteiger partial charge on any atom is -0.490 e. The van der Waals surface area contributed by atoms with Crippen molar-refractivity contribution in [1.82, 2.24) is 4.90 Å². The Morgan fingerprint density at radius 2 is 2.33 bits per heavy atom. The van der Waals surface area contributed by atoms with Crippen molar-refractivity contribution in [2.75, 3.05) is 33.9 Å². The van der Waals surface area contributed by atoms with Gasteiger partial charge in [0.1, 0.15) is 0 Å². The average Bonchev–Trinajstić information content (AvgIpc) is 2.38. The fourth-order valence-electron chi connectivity index (χ4n) is 2.09. The van der Waals surface area contributed by atoms with Crippen LogP contribution in [0.25, 0.3) is 0 Å². The van der Waals surface area contributed by atoms with E-state index in [2.05, 4.69) is 4.90 Å². The standard InChI is InChI=1S/C12H16N2O4/c1-13-5-6-18-8-11(13)9-3-4-10(14(15)16)12(7-9)17-2/h3-4,7,11H,5-6,8H2,1-2H3. The number of likely N-dealkylation sites (N-methyl/N-ethyl adjacent to an activating group) is 1. The summed E-state index contributed by atoms with van der Waals surface area (Å²) in [7, 11) is 3.45. The van der Waals surface area contributed by atoms with Crippen LogP contribution in [-0.2, 0) is 4.74 Å². The molecule has 1 aliphatic heterocycles. The Bertz CT molecular complexity index is 450. The second-order valence-electron chi connectivity index (χ2n) is 4.26. The maximum atomic E-state index is 10.8. The van der Waals surface area contributed by atoms with Gasteiger partial charge in [0, 0.05) is 12.6 Å². The molecule has 1 fully saturated rings. The molecule has 1 atom stereocenters. The molecule has 2 rings (SSSR count). The van der Waals surface area contributed by atoms with E-state index in [4.69, 9.17) is 9.47 Å². The van der Waals surface area contributed by atoms with Gasteiger partial charge in [-0.3, -0.25) is 15.0 Å². The quantitative estimate of drug-likeness (QED) is 0.604. The first-order valence-electron chi connectivity index (χ1n) is 5.74. The third-order valence-electron chi connectivity index (χ3n) is 3.18. The molecule has 6 heteroatoms. The van der Waals surface area contributed by atoms with Crippen LogP contribution in [0.2, 0.25) is 0 Å². The molecule has 0 amide bonds. The van der Waals surface area contributed by atoms with E-state index in [1.807, 2.05) is 7.05 Å². The highest BCUT2D eigenvalue weighted by molar-refractivity contribution is 5.49. The average molecular weight is 252 g/mol. The number of hydrogen-bond acceptors (Lipinski definition) is 5. The van der Waals surface area contributed by atoms with Crippen molar-refractivity contribution in [1.29, 1.82) is 0 Å². The summed E-state index contributed by atoms with van der Waals surface area (Å²) in [5, 5.41) is 10.8. The fraction of sp³-hybridized carbons (Fsp3) is 0.500. The molecule has 0 bridgehead atoms. The highest BCUT2D eigenvalue weighted by Crippen LogP contribution is 2.32. The molecule has 6 nitrogen and oxygen atoms in total. The van der Waals surface area contributed by atoms with Gasteiger partial charge in [0.05, 0.1) is 31.3 Å². The van der Waals surface area contributed by atoms with Crippen LogP contribution in [0.5, 0.6) is 5.75 Å². The lowest BCUT2D eigenvalue weighted by Crippen LogP contribution is -2.36. The lowest BCUT2D eigenvalue weighted by atomic mass is 10.0. The van der Waals surface area contributed by atoms with Crippen molar-refractivity contribution < 1.29 is 14.4 Å². The first-order chi connectivity index (χ1) is 8.63. The molecule has 0 spiro atoms. The SMILES string of the molecule is COc1cc(C2COCCN2C)ccc1[N+](=O)[O-]. The van der Waals surface area contributed by atoms with Crippen molar-refractivity contribution in [2.24, 2.45) is 0 Å². The van der Waals surface area contributed by atoms with E-state index in [1.165, 1.54) is 13.2 Å². The first kappa shape index (κ1) is 12.8. The number of morpholine rings is 1. The third-order valence-corrected chi connectivity index (χ3v) is 3.18. The van der Waals surface area contributed by atoms with Crippen LogP contribution in [0.15, 0.2) is 18.2 Å². The molecule has 1 heterocycles. The molecular weight excluding hydrogens is 236 g/mol. The Labute approximate surface area is 105 Å². The van der Waals surface area contributed by atoms with Gasteiger partial charge >= 0.3 is 5.69 Å². The monoisotopic (exact) mass is 252 g/mol. The summed E-state index contributed by atoms with van der Waals surface area (Å²) in [6.07, 6.45) is 0. The van der Waals surface area contributed by atoms with Crippen LogP contribution in [-0.4, -0.2) is 43.7 Å². The van der Waals surface area contributed by atoms with Crippen LogP contribution in [0.4, 0.5) is 5.69 Å². The molecule has 0 N–H and O–H groups in total. The zero-order chi connectivity index (χ0) is 13.1. The van der Waals surface area contributed by atoms with Crippen LogP contribution >= 0.6 is 0 Å². The number of ether oxygens (including phenoxy) is 2. The molecule has 1 aromatic rings.